The summed E-state index contributed by atoms with van der Waals surface area (Å²) < 4.78 is 39.5. The number of nitrogens with one attached hydrogen (secondary N) is 1. The maximum Gasteiger partial charge on any atom is 0.288 e. The number of benzene rings is 2. The first kappa shape index (κ1) is 20.3. The Bertz CT molecular complexity index is 993. The molecule has 0 saturated heterocycles. The normalized spacial score (nSPS) is 11.1. The highest BCUT2D eigenvalue weighted by atomic mass is 35.5. The third kappa shape index (κ3) is 4.88. The van der Waals surface area contributed by atoms with E-state index in [0.29, 0.717) is 28.0 Å². The van der Waals surface area contributed by atoms with Crippen molar-refractivity contribution < 1.29 is 18.0 Å². The molecule has 0 unspecified atom stereocenters. The Hall–Kier alpha value is -2.45. The van der Waals surface area contributed by atoms with Gasteiger partial charge in [0.15, 0.2) is 0 Å². The van der Waals surface area contributed by atoms with E-state index < -0.39 is 11.7 Å². The van der Waals surface area contributed by atoms with Crippen LogP contribution in [0.5, 0.6) is 0 Å². The lowest BCUT2D eigenvalue weighted by atomic mass is 10.2. The van der Waals surface area contributed by atoms with Gasteiger partial charge in [-0.15, -0.1) is 0 Å². The number of amides is 1. The monoisotopic (exact) mass is 425 g/mol. The number of anilines is 1. The van der Waals surface area contributed by atoms with Gasteiger partial charge < -0.3 is 5.32 Å². The van der Waals surface area contributed by atoms with Crippen molar-refractivity contribution in [2.45, 2.75) is 24.1 Å². The van der Waals surface area contributed by atoms with Crippen molar-refractivity contribution in [2.75, 3.05) is 5.32 Å². The van der Waals surface area contributed by atoms with Gasteiger partial charge in [0.05, 0.1) is 17.8 Å². The van der Waals surface area contributed by atoms with Gasteiger partial charge in [-0.25, -0.2) is 9.07 Å². The first-order chi connectivity index (χ1) is 13.3. The van der Waals surface area contributed by atoms with E-state index in [9.17, 15) is 18.0 Å². The number of aryl methyl sites for hydroxylation is 1. The number of hydrogen-bond acceptors (Lipinski definition) is 3. The lowest BCUT2D eigenvalue weighted by Crippen LogP contribution is -2.13. The molecule has 1 aromatic heterocycles. The van der Waals surface area contributed by atoms with Crippen LogP contribution in [-0.4, -0.2) is 21.4 Å². The predicted octanol–water partition coefficient (Wildman–Crippen LogP) is 5.60. The fourth-order valence-corrected chi connectivity index (χ4v) is 3.50. The van der Waals surface area contributed by atoms with Crippen molar-refractivity contribution in [2.24, 2.45) is 0 Å². The van der Waals surface area contributed by atoms with Gasteiger partial charge in [0.1, 0.15) is 11.0 Å². The summed E-state index contributed by atoms with van der Waals surface area (Å²) in [5.41, 5.74) is 1.75. The molecule has 1 heterocycles. The molecule has 1 amide bonds. The van der Waals surface area contributed by atoms with Crippen molar-refractivity contribution in [3.05, 3.63) is 76.3 Å². The maximum absolute atomic E-state index is 13.0. The van der Waals surface area contributed by atoms with Gasteiger partial charge in [0.2, 0.25) is 0 Å². The summed E-state index contributed by atoms with van der Waals surface area (Å²) in [4.78, 5) is 13.0. The molecule has 0 saturated carbocycles. The summed E-state index contributed by atoms with van der Waals surface area (Å²) in [7, 11) is 0. The second-order valence-electron chi connectivity index (χ2n) is 5.90. The summed E-state index contributed by atoms with van der Waals surface area (Å²) in [5, 5.41) is 7.06. The molecule has 1 N–H and O–H groups in total. The number of hydrogen-bond donors (Lipinski definition) is 1. The molecule has 3 rings (SSSR count). The van der Waals surface area contributed by atoms with E-state index in [1.165, 1.54) is 28.9 Å². The highest BCUT2D eigenvalue weighted by Gasteiger charge is 2.21. The molecule has 0 aliphatic heterocycles. The Morgan fingerprint density at radius 3 is 2.64 bits per heavy atom. The van der Waals surface area contributed by atoms with E-state index in [1.807, 2.05) is 0 Å². The molecule has 146 valence electrons. The van der Waals surface area contributed by atoms with Crippen LogP contribution in [0.15, 0.2) is 53.4 Å². The quantitative estimate of drug-likeness (QED) is 0.523. The maximum atomic E-state index is 13.0. The van der Waals surface area contributed by atoms with Crippen LogP contribution >= 0.6 is 23.4 Å². The van der Waals surface area contributed by atoms with Crippen LogP contribution in [0.4, 0.5) is 18.9 Å². The largest absolute Gasteiger partial charge is 0.322 e. The summed E-state index contributed by atoms with van der Waals surface area (Å²) >= 11 is 6.73. The van der Waals surface area contributed by atoms with Gasteiger partial charge in [-0.05, 0) is 42.8 Å². The zero-order valence-electron chi connectivity index (χ0n) is 14.6. The third-order valence-electron chi connectivity index (χ3n) is 3.86. The highest BCUT2D eigenvalue weighted by Crippen LogP contribution is 2.28. The number of aromatic nitrogens is 2. The second-order valence-corrected chi connectivity index (χ2v) is 7.32. The first-order valence-corrected chi connectivity index (χ1v) is 9.43. The van der Waals surface area contributed by atoms with Crippen LogP contribution in [0.2, 0.25) is 5.15 Å². The SMILES string of the molecule is Cc1nn(Cc2ccc(F)cc2)c(Cl)c1C(=O)Nc1cccc(SC(F)F)c1. The van der Waals surface area contributed by atoms with Crippen molar-refractivity contribution in [3.63, 3.8) is 0 Å². The summed E-state index contributed by atoms with van der Waals surface area (Å²) in [5.74, 6) is -3.39. The average molecular weight is 426 g/mol. The van der Waals surface area contributed by atoms with Gasteiger partial charge in [-0.3, -0.25) is 4.79 Å². The van der Waals surface area contributed by atoms with Crippen LogP contribution < -0.4 is 5.32 Å². The number of halogens is 4. The van der Waals surface area contributed by atoms with Gasteiger partial charge in [-0.1, -0.05) is 41.6 Å². The molecule has 0 bridgehead atoms. The lowest BCUT2D eigenvalue weighted by molar-refractivity contribution is 0.102. The van der Waals surface area contributed by atoms with E-state index in [1.54, 1.807) is 31.2 Å². The molecule has 0 aliphatic carbocycles. The molecule has 0 fully saturated rings. The predicted molar refractivity (Wildman–Crippen MR) is 104 cm³/mol. The Morgan fingerprint density at radius 1 is 1.25 bits per heavy atom. The number of carbonyl (C=O) groups excluding carboxylic acids is 1. The number of thioether (sulfide) groups is 1. The zero-order valence-corrected chi connectivity index (χ0v) is 16.2. The molecule has 4 nitrogen and oxygen atoms in total. The standard InChI is InChI=1S/C19H15ClF3N3OS/c1-11-16(17(20)26(25-11)10-12-5-7-13(21)8-6-12)18(27)24-14-3-2-4-15(9-14)28-19(22)23/h2-9,19H,10H2,1H3,(H,24,27). The molecule has 2 aromatic carbocycles. The van der Waals surface area contributed by atoms with E-state index in [2.05, 4.69) is 10.4 Å². The molecular weight excluding hydrogens is 411 g/mol. The number of alkyl halides is 2. The number of rotatable bonds is 6. The van der Waals surface area contributed by atoms with Gasteiger partial charge in [0.25, 0.3) is 11.7 Å². The van der Waals surface area contributed by atoms with Gasteiger partial charge >= 0.3 is 0 Å². The summed E-state index contributed by atoms with van der Waals surface area (Å²) in [6.07, 6.45) is 0. The zero-order chi connectivity index (χ0) is 20.3. The average Bonchev–Trinajstić information content (AvgIpc) is 2.90. The van der Waals surface area contributed by atoms with Crippen LogP contribution in [0.1, 0.15) is 21.6 Å². The molecule has 3 aromatic rings. The van der Waals surface area contributed by atoms with E-state index in [4.69, 9.17) is 11.6 Å². The topological polar surface area (TPSA) is 46.9 Å². The van der Waals surface area contributed by atoms with Crippen LogP contribution in [0.25, 0.3) is 0 Å². The first-order valence-electron chi connectivity index (χ1n) is 8.17. The molecule has 0 radical (unpaired) electrons. The third-order valence-corrected chi connectivity index (χ3v) is 4.94. The minimum Gasteiger partial charge on any atom is -0.322 e. The van der Waals surface area contributed by atoms with E-state index >= 15 is 0 Å². The minimum absolute atomic E-state index is 0.137. The lowest BCUT2D eigenvalue weighted by Gasteiger charge is -2.07. The van der Waals surface area contributed by atoms with Crippen molar-refractivity contribution in [1.29, 1.82) is 0 Å². The summed E-state index contributed by atoms with van der Waals surface area (Å²) in [6, 6.07) is 12.0. The highest BCUT2D eigenvalue weighted by molar-refractivity contribution is 7.99. The van der Waals surface area contributed by atoms with Crippen molar-refractivity contribution >= 4 is 35.0 Å². The van der Waals surface area contributed by atoms with Crippen LogP contribution in [0, 0.1) is 12.7 Å². The molecule has 0 spiro atoms. The van der Waals surface area contributed by atoms with Crippen molar-refractivity contribution in [1.82, 2.24) is 9.78 Å². The molecule has 28 heavy (non-hydrogen) atoms. The molecule has 0 aliphatic rings. The second kappa shape index (κ2) is 8.70. The Kier molecular flexibility index (Phi) is 6.31. The van der Waals surface area contributed by atoms with E-state index in [0.717, 1.165) is 5.56 Å². The van der Waals surface area contributed by atoms with E-state index in [-0.39, 0.29) is 23.1 Å². The minimum atomic E-state index is -2.55. The van der Waals surface area contributed by atoms with Gasteiger partial charge in [-0.2, -0.15) is 13.9 Å². The number of carbonyl (C=O) groups is 1. The van der Waals surface area contributed by atoms with Crippen LogP contribution in [-0.2, 0) is 6.54 Å². The smallest absolute Gasteiger partial charge is 0.288 e. The Labute approximate surface area is 168 Å². The Balaban J connectivity index is 1.79. The van der Waals surface area contributed by atoms with Crippen molar-refractivity contribution in [3.8, 4) is 0 Å². The number of nitrogens with zero attached hydrogens (tertiary/aromatic N) is 2. The summed E-state index contributed by atoms with van der Waals surface area (Å²) in [6.45, 7) is 1.92. The van der Waals surface area contributed by atoms with Gasteiger partial charge in [0, 0.05) is 10.6 Å². The fourth-order valence-electron chi connectivity index (χ4n) is 2.62. The molecule has 9 heteroatoms. The van der Waals surface area contributed by atoms with Crippen LogP contribution in [0.3, 0.4) is 0 Å². The fraction of sp³-hybridized carbons (Fsp3) is 0.158. The molecular formula is C19H15ClF3N3OS. The molecule has 0 atom stereocenters. The Morgan fingerprint density at radius 2 is 1.96 bits per heavy atom.